The summed E-state index contributed by atoms with van der Waals surface area (Å²) in [7, 11) is 4.08. The predicted octanol–water partition coefficient (Wildman–Crippen LogP) is 1.64. The van der Waals surface area contributed by atoms with Gasteiger partial charge in [0.25, 0.3) is 0 Å². The van der Waals surface area contributed by atoms with Gasteiger partial charge in [0.2, 0.25) is 0 Å². The van der Waals surface area contributed by atoms with Crippen molar-refractivity contribution in [2.75, 3.05) is 26.4 Å². The lowest BCUT2D eigenvalue weighted by atomic mass is 10.3. The smallest absolute Gasteiger partial charge is 0.0649 e. The molecule has 0 aromatic rings. The van der Waals surface area contributed by atoms with Gasteiger partial charge in [-0.05, 0) is 27.9 Å². The minimum atomic E-state index is 0.190. The monoisotopic (exact) mass is 174 g/mol. The van der Waals surface area contributed by atoms with Crippen LogP contribution in [0.2, 0.25) is 0 Å². The van der Waals surface area contributed by atoms with Crippen molar-refractivity contribution in [1.29, 1.82) is 5.26 Å². The average Bonchev–Trinajstić information content (AvgIpc) is 1.89. The maximum atomic E-state index is 7.89. The zero-order chi connectivity index (χ0) is 9.28. The fourth-order valence-corrected chi connectivity index (χ4v) is 0.600. The van der Waals surface area contributed by atoms with Crippen LogP contribution in [-0.2, 0) is 0 Å². The molecule has 0 aromatic heterocycles. The maximum absolute atomic E-state index is 7.89. The van der Waals surface area contributed by atoms with Crippen LogP contribution in [0.25, 0.3) is 0 Å². The number of hydrogen-bond acceptors (Lipinski definition) is 3. The third kappa shape index (κ3) is 25.9. The van der Waals surface area contributed by atoms with Crippen LogP contribution < -0.4 is 0 Å². The molecular weight excluding hydrogens is 156 g/mol. The van der Waals surface area contributed by atoms with Crippen LogP contribution in [0.5, 0.6) is 0 Å². The molecule has 0 aliphatic carbocycles. The van der Waals surface area contributed by atoms with E-state index in [2.05, 4.69) is 17.5 Å². The minimum Gasteiger partial charge on any atom is -0.309 e. The highest BCUT2D eigenvalue weighted by Gasteiger charge is 1.80. The highest BCUT2D eigenvalue weighted by Crippen LogP contribution is 1.81. The van der Waals surface area contributed by atoms with Crippen molar-refractivity contribution in [3.05, 3.63) is 0 Å². The molecule has 0 aromatic carbocycles. The molecule has 0 atom stereocenters. The number of nitrogens with zero attached hydrogens (tertiary/aromatic N) is 2. The Kier molecular flexibility index (Phi) is 11.9. The van der Waals surface area contributed by atoms with Crippen LogP contribution >= 0.6 is 12.6 Å². The van der Waals surface area contributed by atoms with Crippen LogP contribution in [0.3, 0.4) is 0 Å². The molecule has 0 spiro atoms. The van der Waals surface area contributed by atoms with Gasteiger partial charge in [-0.25, -0.2) is 0 Å². The van der Waals surface area contributed by atoms with Crippen molar-refractivity contribution in [3.63, 3.8) is 0 Å². The van der Waals surface area contributed by atoms with Crippen molar-refractivity contribution in [3.8, 4) is 6.07 Å². The van der Waals surface area contributed by atoms with Crippen molar-refractivity contribution in [2.45, 2.75) is 13.8 Å². The Morgan fingerprint density at radius 2 is 1.82 bits per heavy atom. The first kappa shape index (κ1) is 13.4. The predicted molar refractivity (Wildman–Crippen MR) is 52.9 cm³/mol. The van der Waals surface area contributed by atoms with Crippen LogP contribution in [0.1, 0.15) is 13.8 Å². The summed E-state index contributed by atoms with van der Waals surface area (Å²) in [4.78, 5) is 2.10. The van der Waals surface area contributed by atoms with Crippen molar-refractivity contribution in [1.82, 2.24) is 4.90 Å². The third-order valence-corrected chi connectivity index (χ3v) is 1.01. The SMILES string of the molecule is CC(C)C#N.CN(C)CCS. The van der Waals surface area contributed by atoms with E-state index in [4.69, 9.17) is 5.26 Å². The van der Waals surface area contributed by atoms with Gasteiger partial charge in [0.05, 0.1) is 6.07 Å². The van der Waals surface area contributed by atoms with Gasteiger partial charge < -0.3 is 4.90 Å². The number of nitriles is 1. The minimum absolute atomic E-state index is 0.190. The standard InChI is InChI=1S/C4H11NS.C4H7N/c1-5(2)3-4-6;1-4(2)3-5/h6H,3-4H2,1-2H3;4H,1-2H3. The van der Waals surface area contributed by atoms with Crippen molar-refractivity contribution in [2.24, 2.45) is 5.92 Å². The second-order valence-electron chi connectivity index (χ2n) is 2.81. The molecule has 66 valence electrons. The molecule has 0 aliphatic rings. The second-order valence-corrected chi connectivity index (χ2v) is 3.26. The summed E-state index contributed by atoms with van der Waals surface area (Å²) in [5.74, 6) is 1.14. The topological polar surface area (TPSA) is 27.0 Å². The Hall–Kier alpha value is -0.200. The Bertz CT molecular complexity index is 105. The Labute approximate surface area is 75.6 Å². The molecular formula is C8H18N2S. The van der Waals surface area contributed by atoms with Crippen LogP contribution in [0.4, 0.5) is 0 Å². The molecule has 0 N–H and O–H groups in total. The summed E-state index contributed by atoms with van der Waals surface area (Å²) in [6.45, 7) is 4.79. The Morgan fingerprint density at radius 1 is 1.45 bits per heavy atom. The van der Waals surface area contributed by atoms with E-state index in [0.717, 1.165) is 12.3 Å². The average molecular weight is 174 g/mol. The lowest BCUT2D eigenvalue weighted by molar-refractivity contribution is 0.438. The van der Waals surface area contributed by atoms with Gasteiger partial charge in [-0.2, -0.15) is 17.9 Å². The van der Waals surface area contributed by atoms with Gasteiger partial charge >= 0.3 is 0 Å². The van der Waals surface area contributed by atoms with Gasteiger partial charge in [0, 0.05) is 18.2 Å². The van der Waals surface area contributed by atoms with Gasteiger partial charge in [-0.15, -0.1) is 0 Å². The van der Waals surface area contributed by atoms with Crippen LogP contribution in [0.15, 0.2) is 0 Å². The Morgan fingerprint density at radius 3 is 1.82 bits per heavy atom. The zero-order valence-corrected chi connectivity index (χ0v) is 8.73. The molecule has 0 saturated heterocycles. The van der Waals surface area contributed by atoms with E-state index < -0.39 is 0 Å². The molecule has 11 heavy (non-hydrogen) atoms. The summed E-state index contributed by atoms with van der Waals surface area (Å²) in [6, 6.07) is 2.03. The van der Waals surface area contributed by atoms with E-state index in [1.165, 1.54) is 0 Å². The largest absolute Gasteiger partial charge is 0.309 e. The third-order valence-electron chi connectivity index (χ3n) is 0.805. The maximum Gasteiger partial charge on any atom is 0.0649 e. The lowest BCUT2D eigenvalue weighted by Crippen LogP contribution is -2.13. The van der Waals surface area contributed by atoms with Crippen LogP contribution in [-0.4, -0.2) is 31.3 Å². The molecule has 0 bridgehead atoms. The van der Waals surface area contributed by atoms with Gasteiger partial charge in [0.15, 0.2) is 0 Å². The fraction of sp³-hybridized carbons (Fsp3) is 0.875. The Balaban J connectivity index is 0. The summed E-state index contributed by atoms with van der Waals surface area (Å²) in [5.41, 5.74) is 0. The molecule has 2 nitrogen and oxygen atoms in total. The first-order chi connectivity index (χ1) is 5.04. The van der Waals surface area contributed by atoms with E-state index >= 15 is 0 Å². The molecule has 0 aliphatic heterocycles. The second kappa shape index (κ2) is 9.80. The van der Waals surface area contributed by atoms with Crippen LogP contribution in [0, 0.1) is 17.2 Å². The first-order valence-electron chi connectivity index (χ1n) is 3.69. The summed E-state index contributed by atoms with van der Waals surface area (Å²) < 4.78 is 0. The molecule has 0 fully saturated rings. The number of rotatable bonds is 2. The van der Waals surface area contributed by atoms with E-state index in [9.17, 15) is 0 Å². The first-order valence-corrected chi connectivity index (χ1v) is 4.33. The highest BCUT2D eigenvalue weighted by molar-refractivity contribution is 7.80. The quantitative estimate of drug-likeness (QED) is 0.644. The number of thiol groups is 1. The summed E-state index contributed by atoms with van der Waals surface area (Å²) in [5, 5.41) is 7.89. The summed E-state index contributed by atoms with van der Waals surface area (Å²) >= 11 is 4.02. The molecule has 0 saturated carbocycles. The molecule has 0 amide bonds. The summed E-state index contributed by atoms with van der Waals surface area (Å²) in [6.07, 6.45) is 0. The normalized spacial score (nSPS) is 8.91. The molecule has 0 unspecified atom stereocenters. The zero-order valence-electron chi connectivity index (χ0n) is 7.83. The molecule has 0 radical (unpaired) electrons. The van der Waals surface area contributed by atoms with Gasteiger partial charge in [-0.1, -0.05) is 0 Å². The molecule has 0 rings (SSSR count). The molecule has 0 heterocycles. The highest BCUT2D eigenvalue weighted by atomic mass is 32.1. The lowest BCUT2D eigenvalue weighted by Gasteiger charge is -2.03. The van der Waals surface area contributed by atoms with Gasteiger partial charge in [0.1, 0.15) is 0 Å². The van der Waals surface area contributed by atoms with Crippen molar-refractivity contribution < 1.29 is 0 Å². The van der Waals surface area contributed by atoms with Gasteiger partial charge in [-0.3, -0.25) is 0 Å². The van der Waals surface area contributed by atoms with E-state index in [1.807, 2.05) is 34.0 Å². The molecule has 3 heteroatoms. The number of hydrogen-bond donors (Lipinski definition) is 1. The fourth-order valence-electron chi connectivity index (χ4n) is 0.200. The van der Waals surface area contributed by atoms with E-state index in [0.29, 0.717) is 0 Å². The van der Waals surface area contributed by atoms with E-state index in [1.54, 1.807) is 0 Å². The van der Waals surface area contributed by atoms with E-state index in [-0.39, 0.29) is 5.92 Å². The van der Waals surface area contributed by atoms with Crippen molar-refractivity contribution >= 4 is 12.6 Å².